The van der Waals surface area contributed by atoms with Gasteiger partial charge in [-0.15, -0.1) is 24.0 Å². The number of hydrogen-bond acceptors (Lipinski definition) is 5. The van der Waals surface area contributed by atoms with E-state index in [0.717, 1.165) is 35.3 Å². The zero-order valence-corrected chi connectivity index (χ0v) is 21.7. The number of halogens is 1. The fraction of sp³-hybridized carbons (Fsp3) is 0.320. The second kappa shape index (κ2) is 12.5. The van der Waals surface area contributed by atoms with Gasteiger partial charge in [-0.25, -0.2) is 4.98 Å². The highest BCUT2D eigenvalue weighted by atomic mass is 127. The first-order valence-corrected chi connectivity index (χ1v) is 11.1. The van der Waals surface area contributed by atoms with Gasteiger partial charge in [0.15, 0.2) is 5.96 Å². The molecule has 0 saturated carbocycles. The summed E-state index contributed by atoms with van der Waals surface area (Å²) in [6, 6.07) is 15.8. The number of amides is 1. The largest absolute Gasteiger partial charge is 0.444 e. The topological polar surface area (TPSA) is 101 Å². The second-order valence-corrected chi connectivity index (χ2v) is 7.98. The van der Waals surface area contributed by atoms with Crippen LogP contribution in [0.15, 0.2) is 64.2 Å². The Bertz CT molecular complexity index is 1110. The summed E-state index contributed by atoms with van der Waals surface area (Å²) in [6.07, 6.45) is 3.00. The monoisotopic (exact) mass is 575 g/mol. The van der Waals surface area contributed by atoms with Gasteiger partial charge in [0.25, 0.3) is 5.91 Å². The number of nitrogens with zero attached hydrogens (tertiary/aromatic N) is 2. The minimum atomic E-state index is -0.349. The van der Waals surface area contributed by atoms with Crippen LogP contribution in [0.1, 0.15) is 29.7 Å². The van der Waals surface area contributed by atoms with Crippen LogP contribution in [0.5, 0.6) is 0 Å². The third kappa shape index (κ3) is 7.04. The van der Waals surface area contributed by atoms with E-state index in [-0.39, 0.29) is 36.0 Å². The normalized spacial score (nSPS) is 15.5. The fourth-order valence-corrected chi connectivity index (χ4v) is 3.56. The molecule has 9 heteroatoms. The Labute approximate surface area is 216 Å². The number of aliphatic imine (C=N–C) groups is 1. The lowest BCUT2D eigenvalue weighted by molar-refractivity contribution is -0.124. The molecule has 1 aliphatic rings. The van der Waals surface area contributed by atoms with E-state index < -0.39 is 0 Å². The summed E-state index contributed by atoms with van der Waals surface area (Å²) in [5, 5.41) is 9.46. The molecule has 2 aromatic carbocycles. The SMILES string of the molecule is CN=C(NCc1cccc(NC(=O)C2CCCO2)c1)NCc1coc(-c2ccc(C)cc2)n1.I. The van der Waals surface area contributed by atoms with Crippen molar-refractivity contribution in [2.75, 3.05) is 19.0 Å². The molecule has 3 N–H and O–H groups in total. The molecule has 1 fully saturated rings. The van der Waals surface area contributed by atoms with Gasteiger partial charge in [0.1, 0.15) is 12.4 Å². The molecule has 2 heterocycles. The van der Waals surface area contributed by atoms with E-state index in [0.29, 0.717) is 31.5 Å². The van der Waals surface area contributed by atoms with Crippen molar-refractivity contribution in [3.63, 3.8) is 0 Å². The Morgan fingerprint density at radius 3 is 2.68 bits per heavy atom. The number of oxazole rings is 1. The predicted molar refractivity (Wildman–Crippen MR) is 143 cm³/mol. The molecule has 180 valence electrons. The van der Waals surface area contributed by atoms with Gasteiger partial charge in [-0.1, -0.05) is 29.8 Å². The number of carbonyl (C=O) groups is 1. The molecule has 1 saturated heterocycles. The summed E-state index contributed by atoms with van der Waals surface area (Å²) in [6.45, 7) is 3.73. The number of aromatic nitrogens is 1. The van der Waals surface area contributed by atoms with Gasteiger partial charge in [0.05, 0.1) is 12.2 Å². The summed E-state index contributed by atoms with van der Waals surface area (Å²) in [5.41, 5.74) is 4.70. The van der Waals surface area contributed by atoms with E-state index in [1.54, 1.807) is 13.3 Å². The highest BCUT2D eigenvalue weighted by Gasteiger charge is 2.23. The lowest BCUT2D eigenvalue weighted by Gasteiger charge is -2.13. The zero-order chi connectivity index (χ0) is 23.0. The lowest BCUT2D eigenvalue weighted by Crippen LogP contribution is -2.36. The van der Waals surface area contributed by atoms with Crippen LogP contribution in [0.4, 0.5) is 5.69 Å². The summed E-state index contributed by atoms with van der Waals surface area (Å²) >= 11 is 0. The molecule has 8 nitrogen and oxygen atoms in total. The van der Waals surface area contributed by atoms with Crippen LogP contribution < -0.4 is 16.0 Å². The van der Waals surface area contributed by atoms with Crippen molar-refractivity contribution in [3.05, 3.63) is 71.6 Å². The molecule has 1 aromatic heterocycles. The maximum absolute atomic E-state index is 12.3. The number of benzene rings is 2. The highest BCUT2D eigenvalue weighted by molar-refractivity contribution is 14.0. The zero-order valence-electron chi connectivity index (χ0n) is 19.3. The highest BCUT2D eigenvalue weighted by Crippen LogP contribution is 2.19. The van der Waals surface area contributed by atoms with Gasteiger partial charge in [0.2, 0.25) is 5.89 Å². The fourth-order valence-electron chi connectivity index (χ4n) is 3.56. The molecule has 3 aromatic rings. The first kappa shape index (κ1) is 25.7. The van der Waals surface area contributed by atoms with Crippen molar-refractivity contribution in [1.29, 1.82) is 0 Å². The van der Waals surface area contributed by atoms with Crippen LogP contribution in [0.2, 0.25) is 0 Å². The number of aryl methyl sites for hydroxylation is 1. The van der Waals surface area contributed by atoms with Gasteiger partial charge in [-0.05, 0) is 49.6 Å². The number of ether oxygens (including phenoxy) is 1. The predicted octanol–water partition coefficient (Wildman–Crippen LogP) is 4.25. The molecule has 0 aliphatic carbocycles. The smallest absolute Gasteiger partial charge is 0.253 e. The van der Waals surface area contributed by atoms with Crippen molar-refractivity contribution in [1.82, 2.24) is 15.6 Å². The molecule has 1 atom stereocenters. The van der Waals surface area contributed by atoms with E-state index in [9.17, 15) is 4.79 Å². The van der Waals surface area contributed by atoms with E-state index >= 15 is 0 Å². The Kier molecular flexibility index (Phi) is 9.46. The molecular formula is C25H30IN5O3. The third-order valence-electron chi connectivity index (χ3n) is 5.39. The van der Waals surface area contributed by atoms with Gasteiger partial charge >= 0.3 is 0 Å². The Morgan fingerprint density at radius 1 is 1.15 bits per heavy atom. The van der Waals surface area contributed by atoms with Crippen molar-refractivity contribution < 1.29 is 13.9 Å². The molecule has 1 aliphatic heterocycles. The summed E-state index contributed by atoms with van der Waals surface area (Å²) in [7, 11) is 1.72. The maximum atomic E-state index is 12.3. The first-order chi connectivity index (χ1) is 16.1. The van der Waals surface area contributed by atoms with Crippen molar-refractivity contribution in [2.24, 2.45) is 4.99 Å². The van der Waals surface area contributed by atoms with E-state index in [1.807, 2.05) is 55.5 Å². The number of hydrogen-bond donors (Lipinski definition) is 3. The Morgan fingerprint density at radius 2 is 1.94 bits per heavy atom. The van der Waals surface area contributed by atoms with Crippen LogP contribution >= 0.6 is 24.0 Å². The van der Waals surface area contributed by atoms with Crippen molar-refractivity contribution in [2.45, 2.75) is 39.0 Å². The minimum absolute atomic E-state index is 0. The standard InChI is InChI=1S/C25H29N5O3.HI/c1-17-8-10-19(11-9-17)24-30-21(16-33-24)15-28-25(26-2)27-14-18-5-3-6-20(13-18)29-23(31)22-7-4-12-32-22;/h3,5-6,8-11,13,16,22H,4,7,12,14-15H2,1-2H3,(H,29,31)(H2,26,27,28);1H. The molecule has 0 spiro atoms. The van der Waals surface area contributed by atoms with E-state index in [2.05, 4.69) is 25.9 Å². The number of nitrogens with one attached hydrogen (secondary N) is 3. The van der Waals surface area contributed by atoms with E-state index in [4.69, 9.17) is 9.15 Å². The molecule has 0 radical (unpaired) electrons. The van der Waals surface area contributed by atoms with Crippen LogP contribution in [-0.4, -0.2) is 36.6 Å². The molecule has 4 rings (SSSR count). The summed E-state index contributed by atoms with van der Waals surface area (Å²) in [5.74, 6) is 1.15. The van der Waals surface area contributed by atoms with Crippen molar-refractivity contribution >= 4 is 41.5 Å². The average Bonchev–Trinajstić information content (AvgIpc) is 3.53. The van der Waals surface area contributed by atoms with Gasteiger partial charge < -0.3 is 25.1 Å². The molecule has 1 unspecified atom stereocenters. The number of carbonyl (C=O) groups excluding carboxylic acids is 1. The molecule has 0 bridgehead atoms. The molecule has 34 heavy (non-hydrogen) atoms. The van der Waals surface area contributed by atoms with Gasteiger partial charge in [-0.2, -0.15) is 0 Å². The number of anilines is 1. The second-order valence-electron chi connectivity index (χ2n) is 7.98. The van der Waals surface area contributed by atoms with Crippen LogP contribution in [0.25, 0.3) is 11.5 Å². The quantitative estimate of drug-likeness (QED) is 0.221. The third-order valence-corrected chi connectivity index (χ3v) is 5.39. The number of guanidine groups is 1. The van der Waals surface area contributed by atoms with Gasteiger partial charge in [0, 0.05) is 31.5 Å². The maximum Gasteiger partial charge on any atom is 0.253 e. The van der Waals surface area contributed by atoms with Crippen LogP contribution in [-0.2, 0) is 22.6 Å². The van der Waals surface area contributed by atoms with Crippen LogP contribution in [0, 0.1) is 6.92 Å². The summed E-state index contributed by atoms with van der Waals surface area (Å²) in [4.78, 5) is 21.1. The van der Waals surface area contributed by atoms with Gasteiger partial charge in [-0.3, -0.25) is 9.79 Å². The Hall–Kier alpha value is -2.92. The first-order valence-electron chi connectivity index (χ1n) is 11.1. The molecule has 1 amide bonds. The number of rotatable bonds is 7. The molecular weight excluding hydrogens is 545 g/mol. The van der Waals surface area contributed by atoms with Crippen LogP contribution in [0.3, 0.4) is 0 Å². The lowest BCUT2D eigenvalue weighted by atomic mass is 10.1. The van der Waals surface area contributed by atoms with Crippen molar-refractivity contribution in [3.8, 4) is 11.5 Å². The van der Waals surface area contributed by atoms with E-state index in [1.165, 1.54) is 5.56 Å². The Balaban J connectivity index is 0.00000324. The summed E-state index contributed by atoms with van der Waals surface area (Å²) < 4.78 is 11.1. The minimum Gasteiger partial charge on any atom is -0.444 e. The average molecular weight is 575 g/mol.